The summed E-state index contributed by atoms with van der Waals surface area (Å²) in [5.74, 6) is 0.821. The van der Waals surface area contributed by atoms with Crippen LogP contribution in [0.3, 0.4) is 0 Å². The van der Waals surface area contributed by atoms with Crippen molar-refractivity contribution in [3.05, 3.63) is 18.1 Å². The highest BCUT2D eigenvalue weighted by atomic mass is 16.5. The SMILES string of the molecule is COC(=O)CN(c1cc(C(C)C)ncn1)C(C)C. The van der Waals surface area contributed by atoms with Crippen molar-refractivity contribution in [3.8, 4) is 0 Å². The molecule has 5 nitrogen and oxygen atoms in total. The van der Waals surface area contributed by atoms with Gasteiger partial charge in [0.05, 0.1) is 7.11 Å². The highest BCUT2D eigenvalue weighted by Crippen LogP contribution is 2.18. The van der Waals surface area contributed by atoms with Crippen LogP contribution in [0.4, 0.5) is 5.82 Å². The predicted octanol–water partition coefficient (Wildman–Crippen LogP) is 1.99. The number of rotatable bonds is 5. The minimum Gasteiger partial charge on any atom is -0.468 e. The fraction of sp³-hybridized carbons (Fsp3) is 0.615. The Kier molecular flexibility index (Phi) is 5.07. The molecule has 0 aliphatic heterocycles. The molecule has 100 valence electrons. The quantitative estimate of drug-likeness (QED) is 0.749. The van der Waals surface area contributed by atoms with Crippen molar-refractivity contribution in [1.29, 1.82) is 0 Å². The van der Waals surface area contributed by atoms with Crippen LogP contribution >= 0.6 is 0 Å². The average molecular weight is 251 g/mol. The Bertz CT molecular complexity index is 405. The highest BCUT2D eigenvalue weighted by Gasteiger charge is 2.17. The zero-order chi connectivity index (χ0) is 13.7. The number of ether oxygens (including phenoxy) is 1. The van der Waals surface area contributed by atoms with Crippen molar-refractivity contribution in [2.24, 2.45) is 0 Å². The Morgan fingerprint density at radius 3 is 2.50 bits per heavy atom. The van der Waals surface area contributed by atoms with E-state index in [-0.39, 0.29) is 18.6 Å². The van der Waals surface area contributed by atoms with E-state index in [1.54, 1.807) is 0 Å². The van der Waals surface area contributed by atoms with Crippen LogP contribution in [0.15, 0.2) is 12.4 Å². The number of hydrogen-bond donors (Lipinski definition) is 0. The van der Waals surface area contributed by atoms with E-state index in [4.69, 9.17) is 4.74 Å². The molecule has 18 heavy (non-hydrogen) atoms. The first-order valence-electron chi connectivity index (χ1n) is 6.11. The molecule has 0 bridgehead atoms. The van der Waals surface area contributed by atoms with Crippen LogP contribution in [0.5, 0.6) is 0 Å². The number of carbonyl (C=O) groups is 1. The van der Waals surface area contributed by atoms with Gasteiger partial charge in [-0.25, -0.2) is 9.97 Å². The summed E-state index contributed by atoms with van der Waals surface area (Å²) in [4.78, 5) is 21.8. The van der Waals surface area contributed by atoms with Crippen LogP contribution in [0.25, 0.3) is 0 Å². The van der Waals surface area contributed by atoms with Gasteiger partial charge < -0.3 is 9.64 Å². The number of esters is 1. The summed E-state index contributed by atoms with van der Waals surface area (Å²) >= 11 is 0. The van der Waals surface area contributed by atoms with Gasteiger partial charge >= 0.3 is 5.97 Å². The van der Waals surface area contributed by atoms with Crippen LogP contribution in [0, 0.1) is 0 Å². The van der Waals surface area contributed by atoms with E-state index in [0.29, 0.717) is 5.92 Å². The normalized spacial score (nSPS) is 10.8. The molecule has 0 saturated carbocycles. The van der Waals surface area contributed by atoms with E-state index in [1.807, 2.05) is 24.8 Å². The molecule has 0 saturated heterocycles. The molecule has 0 aromatic carbocycles. The van der Waals surface area contributed by atoms with Gasteiger partial charge in [0, 0.05) is 17.8 Å². The van der Waals surface area contributed by atoms with Crippen LogP contribution < -0.4 is 4.90 Å². The summed E-state index contributed by atoms with van der Waals surface area (Å²) in [5, 5.41) is 0. The van der Waals surface area contributed by atoms with Gasteiger partial charge in [0.25, 0.3) is 0 Å². The molecule has 1 heterocycles. The largest absolute Gasteiger partial charge is 0.468 e. The van der Waals surface area contributed by atoms with E-state index in [9.17, 15) is 4.79 Å². The molecular weight excluding hydrogens is 230 g/mol. The predicted molar refractivity (Wildman–Crippen MR) is 70.6 cm³/mol. The van der Waals surface area contributed by atoms with Gasteiger partial charge in [-0.1, -0.05) is 13.8 Å². The van der Waals surface area contributed by atoms with E-state index in [0.717, 1.165) is 11.5 Å². The number of aromatic nitrogens is 2. The Morgan fingerprint density at radius 2 is 2.00 bits per heavy atom. The van der Waals surface area contributed by atoms with Gasteiger partial charge in [-0.3, -0.25) is 4.79 Å². The third-order valence-electron chi connectivity index (χ3n) is 2.71. The summed E-state index contributed by atoms with van der Waals surface area (Å²) in [5.41, 5.74) is 0.968. The first-order valence-corrected chi connectivity index (χ1v) is 6.11. The molecule has 0 unspecified atom stereocenters. The van der Waals surface area contributed by atoms with Gasteiger partial charge in [-0.15, -0.1) is 0 Å². The topological polar surface area (TPSA) is 55.3 Å². The minimum absolute atomic E-state index is 0.166. The van der Waals surface area contributed by atoms with Crippen LogP contribution in [0.2, 0.25) is 0 Å². The fourth-order valence-corrected chi connectivity index (χ4v) is 1.57. The van der Waals surface area contributed by atoms with E-state index in [1.165, 1.54) is 13.4 Å². The number of hydrogen-bond acceptors (Lipinski definition) is 5. The highest BCUT2D eigenvalue weighted by molar-refractivity contribution is 5.75. The van der Waals surface area contributed by atoms with E-state index in [2.05, 4.69) is 23.8 Å². The first kappa shape index (κ1) is 14.4. The molecule has 0 amide bonds. The van der Waals surface area contributed by atoms with Crippen molar-refractivity contribution in [2.75, 3.05) is 18.6 Å². The molecule has 1 rings (SSSR count). The number of nitrogens with zero attached hydrogens (tertiary/aromatic N) is 3. The van der Waals surface area contributed by atoms with Crippen molar-refractivity contribution in [3.63, 3.8) is 0 Å². The Labute approximate surface area is 108 Å². The number of anilines is 1. The lowest BCUT2D eigenvalue weighted by atomic mass is 10.1. The van der Waals surface area contributed by atoms with Crippen LogP contribution in [0.1, 0.15) is 39.3 Å². The van der Waals surface area contributed by atoms with Crippen molar-refractivity contribution in [1.82, 2.24) is 9.97 Å². The second-order valence-corrected chi connectivity index (χ2v) is 4.75. The molecule has 0 fully saturated rings. The zero-order valence-corrected chi connectivity index (χ0v) is 11.7. The molecule has 0 radical (unpaired) electrons. The smallest absolute Gasteiger partial charge is 0.325 e. The summed E-state index contributed by atoms with van der Waals surface area (Å²) < 4.78 is 4.71. The molecular formula is C13H21N3O2. The lowest BCUT2D eigenvalue weighted by molar-refractivity contribution is -0.139. The molecule has 0 atom stereocenters. The third kappa shape index (κ3) is 3.68. The van der Waals surface area contributed by atoms with Gasteiger partial charge in [-0.2, -0.15) is 0 Å². The zero-order valence-electron chi connectivity index (χ0n) is 11.7. The summed E-state index contributed by atoms with van der Waals surface area (Å²) in [7, 11) is 1.39. The van der Waals surface area contributed by atoms with Gasteiger partial charge in [0.2, 0.25) is 0 Å². The van der Waals surface area contributed by atoms with Crippen molar-refractivity contribution < 1.29 is 9.53 Å². The van der Waals surface area contributed by atoms with E-state index >= 15 is 0 Å². The summed E-state index contributed by atoms with van der Waals surface area (Å²) in [6.45, 7) is 8.38. The van der Waals surface area contributed by atoms with E-state index < -0.39 is 0 Å². The molecule has 1 aromatic rings. The van der Waals surface area contributed by atoms with Crippen molar-refractivity contribution >= 4 is 11.8 Å². The monoisotopic (exact) mass is 251 g/mol. The van der Waals surface area contributed by atoms with Gasteiger partial charge in [0.15, 0.2) is 0 Å². The standard InChI is InChI=1S/C13H21N3O2/c1-9(2)11-6-12(15-8-14-11)16(10(3)4)7-13(17)18-5/h6,8-10H,7H2,1-5H3. The molecule has 0 N–H and O–H groups in total. The molecule has 5 heteroatoms. The Hall–Kier alpha value is -1.65. The van der Waals surface area contributed by atoms with Crippen molar-refractivity contribution in [2.45, 2.75) is 39.7 Å². The molecule has 0 spiro atoms. The Morgan fingerprint density at radius 1 is 1.33 bits per heavy atom. The average Bonchev–Trinajstić information content (AvgIpc) is 2.35. The van der Waals surface area contributed by atoms with Crippen LogP contribution in [-0.2, 0) is 9.53 Å². The maximum atomic E-state index is 11.4. The lowest BCUT2D eigenvalue weighted by Crippen LogP contribution is -2.37. The third-order valence-corrected chi connectivity index (χ3v) is 2.71. The maximum absolute atomic E-state index is 11.4. The fourth-order valence-electron chi connectivity index (χ4n) is 1.57. The number of carbonyl (C=O) groups excluding carboxylic acids is 1. The summed E-state index contributed by atoms with van der Waals surface area (Å²) in [6.07, 6.45) is 1.54. The second kappa shape index (κ2) is 6.33. The molecule has 1 aromatic heterocycles. The Balaban J connectivity index is 2.98. The van der Waals surface area contributed by atoms with Crippen LogP contribution in [-0.4, -0.2) is 35.6 Å². The maximum Gasteiger partial charge on any atom is 0.325 e. The van der Waals surface area contributed by atoms with Gasteiger partial charge in [-0.05, 0) is 19.8 Å². The molecule has 0 aliphatic rings. The number of methoxy groups -OCH3 is 1. The molecule has 0 aliphatic carbocycles. The summed E-state index contributed by atoms with van der Waals surface area (Å²) in [6, 6.07) is 2.09. The minimum atomic E-state index is -0.270. The second-order valence-electron chi connectivity index (χ2n) is 4.75. The first-order chi connectivity index (χ1) is 8.45. The van der Waals surface area contributed by atoms with Gasteiger partial charge in [0.1, 0.15) is 18.7 Å². The lowest BCUT2D eigenvalue weighted by Gasteiger charge is -2.26.